The topological polar surface area (TPSA) is 53.5 Å². The highest BCUT2D eigenvalue weighted by Crippen LogP contribution is 2.36. The number of ether oxygens (including phenoxy) is 3. The molecule has 0 spiro atoms. The van der Waals surface area contributed by atoms with E-state index in [4.69, 9.17) is 25.8 Å². The highest BCUT2D eigenvalue weighted by atomic mass is 35.5. The number of hydrogen-bond donors (Lipinski definition) is 0. The van der Waals surface area contributed by atoms with Crippen LogP contribution in [0.4, 0.5) is 0 Å². The predicted octanol–water partition coefficient (Wildman–Crippen LogP) is 3.85. The summed E-state index contributed by atoms with van der Waals surface area (Å²) in [4.78, 5) is 8.39. The maximum atomic E-state index is 5.98. The van der Waals surface area contributed by atoms with Crippen LogP contribution in [-0.2, 0) is 0 Å². The Hall–Kier alpha value is -2.53. The summed E-state index contributed by atoms with van der Waals surface area (Å²) < 4.78 is 16.9. The van der Waals surface area contributed by atoms with E-state index in [0.29, 0.717) is 35.6 Å². The van der Waals surface area contributed by atoms with Crippen molar-refractivity contribution in [3.05, 3.63) is 47.7 Å². The Morgan fingerprint density at radius 1 is 0.955 bits per heavy atom. The van der Waals surface area contributed by atoms with Gasteiger partial charge in [-0.1, -0.05) is 11.6 Å². The minimum absolute atomic E-state index is 0.471. The molecule has 0 aliphatic carbocycles. The lowest BCUT2D eigenvalue weighted by molar-refractivity contribution is 0.171. The molecule has 0 N–H and O–H groups in total. The summed E-state index contributed by atoms with van der Waals surface area (Å²) in [5, 5.41) is 1.42. The molecule has 0 fully saturated rings. The summed E-state index contributed by atoms with van der Waals surface area (Å²) in [5.41, 5.74) is 0.732. The van der Waals surface area contributed by atoms with Gasteiger partial charge in [0.15, 0.2) is 11.5 Å². The Morgan fingerprint density at radius 2 is 1.82 bits per heavy atom. The number of rotatable bonds is 2. The first-order valence-corrected chi connectivity index (χ1v) is 7.15. The van der Waals surface area contributed by atoms with E-state index >= 15 is 0 Å². The lowest BCUT2D eigenvalue weighted by Gasteiger charge is -2.18. The van der Waals surface area contributed by atoms with E-state index in [9.17, 15) is 0 Å². The largest absolute Gasteiger partial charge is 0.486 e. The van der Waals surface area contributed by atoms with Crippen LogP contribution >= 0.6 is 11.6 Å². The van der Waals surface area contributed by atoms with E-state index in [0.717, 1.165) is 16.7 Å². The predicted molar refractivity (Wildman–Crippen MR) is 82.1 cm³/mol. The summed E-state index contributed by atoms with van der Waals surface area (Å²) in [7, 11) is 0. The number of aromatic nitrogens is 2. The van der Waals surface area contributed by atoms with Crippen LogP contribution in [0.3, 0.4) is 0 Å². The second kappa shape index (κ2) is 5.35. The van der Waals surface area contributed by atoms with Crippen LogP contribution in [0.2, 0.25) is 5.02 Å². The van der Waals surface area contributed by atoms with Gasteiger partial charge in [-0.3, -0.25) is 0 Å². The molecule has 0 amide bonds. The zero-order valence-electron chi connectivity index (χ0n) is 11.5. The fourth-order valence-electron chi connectivity index (χ4n) is 2.29. The Labute approximate surface area is 131 Å². The maximum Gasteiger partial charge on any atom is 0.230 e. The molecule has 0 bridgehead atoms. The molecule has 6 heteroatoms. The molecule has 0 saturated carbocycles. The Balaban J connectivity index is 1.71. The van der Waals surface area contributed by atoms with Crippen molar-refractivity contribution >= 4 is 22.5 Å². The highest BCUT2D eigenvalue weighted by molar-refractivity contribution is 6.31. The molecule has 2 heterocycles. The van der Waals surface area contributed by atoms with Crippen molar-refractivity contribution in [1.82, 2.24) is 9.97 Å². The minimum atomic E-state index is 0.471. The van der Waals surface area contributed by atoms with E-state index in [1.165, 1.54) is 6.33 Å². The molecular formula is C16H11ClN2O3. The van der Waals surface area contributed by atoms with Gasteiger partial charge in [-0.15, -0.1) is 0 Å². The molecular weight excluding hydrogens is 304 g/mol. The molecule has 2 aromatic carbocycles. The first-order valence-electron chi connectivity index (χ1n) is 6.77. The van der Waals surface area contributed by atoms with Crippen LogP contribution in [0, 0.1) is 0 Å². The number of fused-ring (bicyclic) bond motifs is 2. The minimum Gasteiger partial charge on any atom is -0.486 e. The van der Waals surface area contributed by atoms with Gasteiger partial charge in [-0.05, 0) is 30.3 Å². The summed E-state index contributed by atoms with van der Waals surface area (Å²) in [6, 6.07) is 10.8. The standard InChI is InChI=1S/C16H11ClN2O3/c17-10-1-3-12-13(7-10)18-9-19-16(12)22-11-2-4-14-15(8-11)21-6-5-20-14/h1-4,7-9H,5-6H2. The second-order valence-corrected chi connectivity index (χ2v) is 5.18. The highest BCUT2D eigenvalue weighted by Gasteiger charge is 2.13. The van der Waals surface area contributed by atoms with Gasteiger partial charge in [0.25, 0.3) is 0 Å². The molecule has 0 radical (unpaired) electrons. The fraction of sp³-hybridized carbons (Fsp3) is 0.125. The second-order valence-electron chi connectivity index (χ2n) is 4.75. The summed E-state index contributed by atoms with van der Waals surface area (Å²) >= 11 is 5.98. The Morgan fingerprint density at radius 3 is 2.73 bits per heavy atom. The SMILES string of the molecule is Clc1ccc2c(Oc3ccc4c(c3)OCCO4)ncnc2c1. The van der Waals surface area contributed by atoms with Crippen molar-refractivity contribution in [2.75, 3.05) is 13.2 Å². The van der Waals surface area contributed by atoms with Crippen LogP contribution in [0.25, 0.3) is 10.9 Å². The molecule has 1 aliphatic rings. The molecule has 22 heavy (non-hydrogen) atoms. The van der Waals surface area contributed by atoms with E-state index in [2.05, 4.69) is 9.97 Å². The van der Waals surface area contributed by atoms with Crippen LogP contribution in [0.1, 0.15) is 0 Å². The van der Waals surface area contributed by atoms with Crippen molar-refractivity contribution in [2.24, 2.45) is 0 Å². The molecule has 1 aromatic heterocycles. The maximum absolute atomic E-state index is 5.98. The van der Waals surface area contributed by atoms with Gasteiger partial charge in [0, 0.05) is 11.1 Å². The normalized spacial score (nSPS) is 13.1. The van der Waals surface area contributed by atoms with Gasteiger partial charge in [-0.25, -0.2) is 9.97 Å². The van der Waals surface area contributed by atoms with Crippen LogP contribution < -0.4 is 14.2 Å². The van der Waals surface area contributed by atoms with E-state index in [1.54, 1.807) is 18.2 Å². The van der Waals surface area contributed by atoms with Gasteiger partial charge in [0.05, 0.1) is 10.9 Å². The Bertz CT molecular complexity index is 854. The quantitative estimate of drug-likeness (QED) is 0.719. The fourth-order valence-corrected chi connectivity index (χ4v) is 2.45. The molecule has 4 rings (SSSR count). The van der Waals surface area contributed by atoms with E-state index in [-0.39, 0.29) is 0 Å². The first-order chi connectivity index (χ1) is 10.8. The molecule has 5 nitrogen and oxygen atoms in total. The van der Waals surface area contributed by atoms with Crippen LogP contribution in [-0.4, -0.2) is 23.2 Å². The zero-order chi connectivity index (χ0) is 14.9. The summed E-state index contributed by atoms with van der Waals surface area (Å²) in [5.74, 6) is 2.49. The van der Waals surface area contributed by atoms with E-state index in [1.807, 2.05) is 18.2 Å². The lowest BCUT2D eigenvalue weighted by atomic mass is 10.2. The lowest BCUT2D eigenvalue weighted by Crippen LogP contribution is -2.15. The molecule has 110 valence electrons. The van der Waals surface area contributed by atoms with Crippen molar-refractivity contribution in [3.63, 3.8) is 0 Å². The third-order valence-corrected chi connectivity index (χ3v) is 3.53. The number of benzene rings is 2. The number of hydrogen-bond acceptors (Lipinski definition) is 5. The average Bonchev–Trinajstić information content (AvgIpc) is 2.55. The van der Waals surface area contributed by atoms with Gasteiger partial charge in [0.1, 0.15) is 25.3 Å². The first kappa shape index (κ1) is 13.2. The molecule has 1 aliphatic heterocycles. The smallest absolute Gasteiger partial charge is 0.230 e. The molecule has 0 unspecified atom stereocenters. The van der Waals surface area contributed by atoms with Crippen molar-refractivity contribution in [3.8, 4) is 23.1 Å². The summed E-state index contributed by atoms with van der Waals surface area (Å²) in [6.45, 7) is 1.09. The van der Waals surface area contributed by atoms with E-state index < -0.39 is 0 Å². The van der Waals surface area contributed by atoms with Crippen molar-refractivity contribution in [1.29, 1.82) is 0 Å². The third kappa shape index (κ3) is 2.40. The zero-order valence-corrected chi connectivity index (χ0v) is 12.2. The number of nitrogens with zero attached hydrogens (tertiary/aromatic N) is 2. The number of halogens is 1. The van der Waals surface area contributed by atoms with Crippen molar-refractivity contribution in [2.45, 2.75) is 0 Å². The van der Waals surface area contributed by atoms with Crippen LogP contribution in [0.15, 0.2) is 42.7 Å². The van der Waals surface area contributed by atoms with Gasteiger partial charge in [0.2, 0.25) is 5.88 Å². The van der Waals surface area contributed by atoms with Crippen molar-refractivity contribution < 1.29 is 14.2 Å². The third-order valence-electron chi connectivity index (χ3n) is 3.29. The Kier molecular flexibility index (Phi) is 3.20. The molecule has 3 aromatic rings. The van der Waals surface area contributed by atoms with Gasteiger partial charge < -0.3 is 14.2 Å². The molecule has 0 atom stereocenters. The molecule has 0 saturated heterocycles. The average molecular weight is 315 g/mol. The monoisotopic (exact) mass is 314 g/mol. The van der Waals surface area contributed by atoms with Gasteiger partial charge >= 0.3 is 0 Å². The van der Waals surface area contributed by atoms with Crippen LogP contribution in [0.5, 0.6) is 23.1 Å². The van der Waals surface area contributed by atoms with Gasteiger partial charge in [-0.2, -0.15) is 0 Å². The summed E-state index contributed by atoms with van der Waals surface area (Å²) in [6.07, 6.45) is 1.45.